The fraction of sp³-hybridized carbons (Fsp3) is 0.238. The van der Waals surface area contributed by atoms with Gasteiger partial charge in [-0.05, 0) is 31.5 Å². The lowest BCUT2D eigenvalue weighted by Gasteiger charge is -2.13. The van der Waals surface area contributed by atoms with E-state index in [2.05, 4.69) is 20.6 Å². The normalized spacial score (nSPS) is 11.7. The van der Waals surface area contributed by atoms with Crippen molar-refractivity contribution in [2.75, 3.05) is 6.54 Å². The molecule has 3 aromatic heterocycles. The van der Waals surface area contributed by atoms with Crippen LogP contribution in [0.4, 0.5) is 13.2 Å². The van der Waals surface area contributed by atoms with E-state index in [-0.39, 0.29) is 22.5 Å². The molecule has 0 aliphatic rings. The van der Waals surface area contributed by atoms with Crippen LogP contribution in [0.2, 0.25) is 0 Å². The fourth-order valence-corrected chi connectivity index (χ4v) is 3.34. The van der Waals surface area contributed by atoms with Crippen molar-refractivity contribution in [3.63, 3.8) is 0 Å². The van der Waals surface area contributed by atoms with E-state index in [0.717, 1.165) is 6.07 Å². The monoisotopic (exact) mass is 429 g/mol. The minimum atomic E-state index is -4.57. The molecule has 0 atom stereocenters. The van der Waals surface area contributed by atoms with Crippen LogP contribution in [0.3, 0.4) is 0 Å². The molecule has 31 heavy (non-hydrogen) atoms. The summed E-state index contributed by atoms with van der Waals surface area (Å²) in [6.45, 7) is 2.63. The highest BCUT2D eigenvalue weighted by molar-refractivity contribution is 6.07. The van der Waals surface area contributed by atoms with Crippen molar-refractivity contribution in [3.8, 4) is 11.3 Å². The maximum Gasteiger partial charge on any atom is 0.417 e. The number of halogens is 3. The number of pyridine rings is 1. The first kappa shape index (κ1) is 20.6. The number of carbonyl (C=O) groups excluding carboxylic acids is 1. The molecular formula is C21H18F3N5O2. The smallest absolute Gasteiger partial charge is 0.352 e. The van der Waals surface area contributed by atoms with Gasteiger partial charge in [0.2, 0.25) is 0 Å². The van der Waals surface area contributed by atoms with Crippen LogP contribution in [0.25, 0.3) is 22.4 Å². The van der Waals surface area contributed by atoms with Crippen LogP contribution in [-0.2, 0) is 12.7 Å². The van der Waals surface area contributed by atoms with Gasteiger partial charge in [-0.15, -0.1) is 0 Å². The first-order valence-corrected chi connectivity index (χ1v) is 9.54. The molecule has 0 saturated heterocycles. The van der Waals surface area contributed by atoms with Gasteiger partial charge in [0.05, 0.1) is 27.9 Å². The molecule has 0 unspecified atom stereocenters. The molecule has 0 aliphatic heterocycles. The van der Waals surface area contributed by atoms with Crippen molar-refractivity contribution in [3.05, 3.63) is 65.6 Å². The third-order valence-corrected chi connectivity index (χ3v) is 4.78. The molecule has 1 N–H and O–H groups in total. The molecule has 0 saturated carbocycles. The van der Waals surface area contributed by atoms with E-state index in [9.17, 15) is 18.0 Å². The molecule has 1 aromatic carbocycles. The van der Waals surface area contributed by atoms with E-state index in [1.54, 1.807) is 23.9 Å². The molecule has 160 valence electrons. The van der Waals surface area contributed by atoms with E-state index >= 15 is 0 Å². The zero-order valence-electron chi connectivity index (χ0n) is 16.5. The van der Waals surface area contributed by atoms with Crippen molar-refractivity contribution in [1.82, 2.24) is 25.2 Å². The van der Waals surface area contributed by atoms with Gasteiger partial charge in [-0.1, -0.05) is 23.4 Å². The second-order valence-corrected chi connectivity index (χ2v) is 6.93. The van der Waals surface area contributed by atoms with Gasteiger partial charge in [-0.3, -0.25) is 9.48 Å². The van der Waals surface area contributed by atoms with Gasteiger partial charge < -0.3 is 9.84 Å². The van der Waals surface area contributed by atoms with Gasteiger partial charge in [0.1, 0.15) is 0 Å². The Labute approximate surface area is 174 Å². The summed E-state index contributed by atoms with van der Waals surface area (Å²) in [5.41, 5.74) is -0.399. The number of amides is 1. The highest BCUT2D eigenvalue weighted by atomic mass is 19.4. The third kappa shape index (κ3) is 4.27. The van der Waals surface area contributed by atoms with E-state index in [1.165, 1.54) is 24.3 Å². The van der Waals surface area contributed by atoms with Crippen molar-refractivity contribution in [2.24, 2.45) is 0 Å². The van der Waals surface area contributed by atoms with Crippen LogP contribution in [-0.4, -0.2) is 32.4 Å². The lowest BCUT2D eigenvalue weighted by molar-refractivity contribution is -0.137. The Morgan fingerprint density at radius 2 is 2.03 bits per heavy atom. The lowest BCUT2D eigenvalue weighted by atomic mass is 10.0. The summed E-state index contributed by atoms with van der Waals surface area (Å²) in [6.07, 6.45) is -0.451. The molecule has 0 spiro atoms. The summed E-state index contributed by atoms with van der Waals surface area (Å²) in [6, 6.07) is 8.23. The van der Waals surface area contributed by atoms with Crippen molar-refractivity contribution in [2.45, 2.75) is 26.1 Å². The number of nitrogens with one attached hydrogen (secondary N) is 1. The Morgan fingerprint density at radius 1 is 1.23 bits per heavy atom. The molecule has 4 rings (SSSR count). The van der Waals surface area contributed by atoms with E-state index in [4.69, 9.17) is 4.52 Å². The van der Waals surface area contributed by atoms with Crippen molar-refractivity contribution >= 4 is 17.0 Å². The molecule has 4 aromatic rings. The summed E-state index contributed by atoms with van der Waals surface area (Å²) in [4.78, 5) is 17.1. The standard InChI is InChI=1S/C21H18F3N5O2/c1-13-18-15(19(30)25-8-4-10-29-11-5-9-26-29)12-17(27-20(18)31-28-13)14-6-2-3-7-16(14)21(22,23)24/h2-3,5-7,9,11-12H,4,8,10H2,1H3,(H,25,30). The predicted octanol–water partition coefficient (Wildman–Crippen LogP) is 4.23. The molecule has 0 fully saturated rings. The van der Waals surface area contributed by atoms with Gasteiger partial charge >= 0.3 is 6.18 Å². The zero-order valence-corrected chi connectivity index (χ0v) is 16.5. The number of fused-ring (bicyclic) bond motifs is 1. The number of aryl methyl sites for hydroxylation is 2. The summed E-state index contributed by atoms with van der Waals surface area (Å²) in [5, 5.41) is 11.1. The quantitative estimate of drug-likeness (QED) is 0.464. The minimum absolute atomic E-state index is 0.00803. The number of aromatic nitrogens is 4. The summed E-state index contributed by atoms with van der Waals surface area (Å²) < 4.78 is 47.4. The molecule has 10 heteroatoms. The SMILES string of the molecule is Cc1noc2nc(-c3ccccc3C(F)(F)F)cc(C(=O)NCCCn3cccn3)c12. The largest absolute Gasteiger partial charge is 0.417 e. The molecule has 0 aliphatic carbocycles. The van der Waals surface area contributed by atoms with Gasteiger partial charge in [-0.25, -0.2) is 4.98 Å². The van der Waals surface area contributed by atoms with E-state index in [1.807, 2.05) is 6.20 Å². The predicted molar refractivity (Wildman–Crippen MR) is 106 cm³/mol. The summed E-state index contributed by atoms with van der Waals surface area (Å²) >= 11 is 0. The van der Waals surface area contributed by atoms with Crippen LogP contribution >= 0.6 is 0 Å². The van der Waals surface area contributed by atoms with E-state index < -0.39 is 17.6 Å². The Balaban J connectivity index is 1.66. The van der Waals surface area contributed by atoms with Gasteiger partial charge in [0.15, 0.2) is 0 Å². The molecule has 0 radical (unpaired) electrons. The van der Waals surface area contributed by atoms with Crippen LogP contribution in [0.1, 0.15) is 28.0 Å². The molecule has 0 bridgehead atoms. The van der Waals surface area contributed by atoms with Crippen LogP contribution in [0, 0.1) is 6.92 Å². The lowest BCUT2D eigenvalue weighted by Crippen LogP contribution is -2.25. The number of nitrogens with zero attached hydrogens (tertiary/aromatic N) is 4. The third-order valence-electron chi connectivity index (χ3n) is 4.78. The highest BCUT2D eigenvalue weighted by Gasteiger charge is 2.34. The second kappa shape index (κ2) is 8.21. The molecular weight excluding hydrogens is 411 g/mol. The van der Waals surface area contributed by atoms with Crippen molar-refractivity contribution in [1.29, 1.82) is 0 Å². The Hall–Kier alpha value is -3.69. The number of hydrogen-bond acceptors (Lipinski definition) is 5. The molecule has 1 amide bonds. The second-order valence-electron chi connectivity index (χ2n) is 6.93. The first-order chi connectivity index (χ1) is 14.8. The minimum Gasteiger partial charge on any atom is -0.352 e. The summed E-state index contributed by atoms with van der Waals surface area (Å²) in [5.74, 6) is -0.440. The average Bonchev–Trinajstić information content (AvgIpc) is 3.40. The Kier molecular flexibility index (Phi) is 5.45. The Bertz CT molecular complexity index is 1220. The van der Waals surface area contributed by atoms with E-state index in [0.29, 0.717) is 30.6 Å². The molecule has 3 heterocycles. The number of rotatable bonds is 6. The average molecular weight is 429 g/mol. The maximum atomic E-state index is 13.5. The maximum absolute atomic E-state index is 13.5. The van der Waals surface area contributed by atoms with Crippen LogP contribution < -0.4 is 5.32 Å². The Morgan fingerprint density at radius 3 is 2.77 bits per heavy atom. The highest BCUT2D eigenvalue weighted by Crippen LogP contribution is 2.37. The summed E-state index contributed by atoms with van der Waals surface area (Å²) in [7, 11) is 0. The number of hydrogen-bond donors (Lipinski definition) is 1. The molecule has 7 nitrogen and oxygen atoms in total. The zero-order chi connectivity index (χ0) is 22.0. The number of alkyl halides is 3. The van der Waals surface area contributed by atoms with Crippen LogP contribution in [0.15, 0.2) is 53.3 Å². The topological polar surface area (TPSA) is 85.8 Å². The van der Waals surface area contributed by atoms with Gasteiger partial charge in [0.25, 0.3) is 11.6 Å². The van der Waals surface area contributed by atoms with Crippen molar-refractivity contribution < 1.29 is 22.5 Å². The number of carbonyl (C=O) groups is 1. The van der Waals surface area contributed by atoms with Crippen LogP contribution in [0.5, 0.6) is 0 Å². The first-order valence-electron chi connectivity index (χ1n) is 9.54. The van der Waals surface area contributed by atoms with Gasteiger partial charge in [0, 0.05) is 31.0 Å². The van der Waals surface area contributed by atoms with Gasteiger partial charge in [-0.2, -0.15) is 18.3 Å². The fourth-order valence-electron chi connectivity index (χ4n) is 3.34. The number of benzene rings is 1.